The monoisotopic (exact) mass is 297 g/mol. The maximum atomic E-state index is 11.8. The van der Waals surface area contributed by atoms with Gasteiger partial charge in [-0.25, -0.2) is 4.98 Å². The normalized spacial score (nSPS) is 10.4. The van der Waals surface area contributed by atoms with Crippen LogP contribution in [0.3, 0.4) is 0 Å². The molecule has 0 fully saturated rings. The van der Waals surface area contributed by atoms with Crippen LogP contribution >= 0.6 is 22.7 Å². The predicted molar refractivity (Wildman–Crippen MR) is 76.8 cm³/mol. The molecule has 0 aliphatic heterocycles. The van der Waals surface area contributed by atoms with Gasteiger partial charge in [-0.3, -0.25) is 4.79 Å². The van der Waals surface area contributed by atoms with Gasteiger partial charge in [-0.05, 0) is 6.42 Å². The average Bonchev–Trinajstić information content (AvgIpc) is 3.07. The molecule has 0 spiro atoms. The molecule has 0 aliphatic rings. The molecule has 0 radical (unpaired) electrons. The van der Waals surface area contributed by atoms with Gasteiger partial charge in [-0.1, -0.05) is 18.3 Å². The second-order valence-corrected chi connectivity index (χ2v) is 5.52. The largest absolute Gasteiger partial charge is 0.360 e. The van der Waals surface area contributed by atoms with E-state index < -0.39 is 0 Å². The van der Waals surface area contributed by atoms with Crippen molar-refractivity contribution in [1.29, 1.82) is 0 Å². The fourth-order valence-corrected chi connectivity index (χ4v) is 2.64. The average molecular weight is 297 g/mol. The molecule has 0 unspecified atom stereocenters. The number of carbonyl (C=O) groups excluding carboxylic acids is 1. The number of hydrogen-bond donors (Lipinski definition) is 2. The van der Waals surface area contributed by atoms with Crippen LogP contribution in [0.4, 0.5) is 5.13 Å². The van der Waals surface area contributed by atoms with Crippen molar-refractivity contribution in [2.45, 2.75) is 19.8 Å². The van der Waals surface area contributed by atoms with Crippen molar-refractivity contribution < 1.29 is 4.79 Å². The summed E-state index contributed by atoms with van der Waals surface area (Å²) >= 11 is 2.82. The molecule has 0 aliphatic carbocycles. The molecule has 19 heavy (non-hydrogen) atoms. The summed E-state index contributed by atoms with van der Waals surface area (Å²) in [6.07, 6.45) is 1.74. The third-order valence-electron chi connectivity index (χ3n) is 2.30. The first-order chi connectivity index (χ1) is 9.29. The van der Waals surface area contributed by atoms with Gasteiger partial charge in [0.2, 0.25) is 10.1 Å². The molecule has 2 N–H and O–H groups in total. The van der Waals surface area contributed by atoms with E-state index in [1.54, 1.807) is 16.8 Å². The van der Waals surface area contributed by atoms with E-state index in [9.17, 15) is 4.79 Å². The van der Waals surface area contributed by atoms with Crippen molar-refractivity contribution in [2.75, 3.05) is 18.4 Å². The summed E-state index contributed by atoms with van der Waals surface area (Å²) in [5.41, 5.74) is 2.78. The van der Waals surface area contributed by atoms with Gasteiger partial charge in [0.1, 0.15) is 0 Å². The summed E-state index contributed by atoms with van der Waals surface area (Å²) in [5, 5.41) is 16.7. The quantitative estimate of drug-likeness (QED) is 0.814. The van der Waals surface area contributed by atoms with Crippen molar-refractivity contribution in [3.63, 3.8) is 0 Å². The number of aromatic nitrogens is 3. The highest BCUT2D eigenvalue weighted by atomic mass is 32.1. The van der Waals surface area contributed by atoms with Gasteiger partial charge in [0.05, 0.1) is 11.2 Å². The Bertz CT molecular complexity index is 511. The lowest BCUT2D eigenvalue weighted by atomic mass is 10.3. The maximum absolute atomic E-state index is 11.8. The number of nitrogens with zero attached hydrogens (tertiary/aromatic N) is 3. The van der Waals surface area contributed by atoms with E-state index in [1.807, 2.05) is 5.38 Å². The highest BCUT2D eigenvalue weighted by Crippen LogP contribution is 2.14. The number of rotatable bonds is 7. The van der Waals surface area contributed by atoms with Gasteiger partial charge >= 0.3 is 0 Å². The van der Waals surface area contributed by atoms with E-state index in [-0.39, 0.29) is 5.91 Å². The SMILES string of the molecule is CCCNc1nnc(C(=O)NCCc2cscn2)s1. The first-order valence-corrected chi connectivity index (χ1v) is 7.78. The van der Waals surface area contributed by atoms with Crippen molar-refractivity contribution in [3.05, 3.63) is 21.6 Å². The molecule has 0 saturated carbocycles. The lowest BCUT2D eigenvalue weighted by Crippen LogP contribution is -2.25. The van der Waals surface area contributed by atoms with Gasteiger partial charge in [0, 0.05) is 24.9 Å². The Morgan fingerprint density at radius 3 is 3.00 bits per heavy atom. The van der Waals surface area contributed by atoms with E-state index >= 15 is 0 Å². The van der Waals surface area contributed by atoms with E-state index in [2.05, 4.69) is 32.7 Å². The minimum absolute atomic E-state index is 0.183. The van der Waals surface area contributed by atoms with Gasteiger partial charge in [0.25, 0.3) is 5.91 Å². The summed E-state index contributed by atoms with van der Waals surface area (Å²) < 4.78 is 0. The highest BCUT2D eigenvalue weighted by molar-refractivity contribution is 7.17. The summed E-state index contributed by atoms with van der Waals surface area (Å²) in [6.45, 7) is 3.46. The Labute approximate surface area is 119 Å². The number of hydrogen-bond acceptors (Lipinski definition) is 7. The third-order valence-corrected chi connectivity index (χ3v) is 3.81. The molecular weight excluding hydrogens is 282 g/mol. The molecule has 102 valence electrons. The summed E-state index contributed by atoms with van der Waals surface area (Å²) in [7, 11) is 0. The molecule has 1 amide bonds. The lowest BCUT2D eigenvalue weighted by Gasteiger charge is -2.00. The van der Waals surface area contributed by atoms with Crippen LogP contribution in [0.1, 0.15) is 28.8 Å². The fraction of sp³-hybridized carbons (Fsp3) is 0.455. The van der Waals surface area contributed by atoms with Crippen molar-refractivity contribution in [2.24, 2.45) is 0 Å². The minimum atomic E-state index is -0.183. The molecule has 2 aromatic rings. The summed E-state index contributed by atoms with van der Waals surface area (Å²) in [4.78, 5) is 16.0. The molecular formula is C11H15N5OS2. The molecule has 2 rings (SSSR count). The molecule has 2 heterocycles. The molecule has 0 bridgehead atoms. The van der Waals surface area contributed by atoms with Gasteiger partial charge in [-0.2, -0.15) is 0 Å². The van der Waals surface area contributed by atoms with Crippen LogP contribution in [0.25, 0.3) is 0 Å². The van der Waals surface area contributed by atoms with Crippen LogP contribution in [-0.2, 0) is 6.42 Å². The van der Waals surface area contributed by atoms with Crippen LogP contribution in [0.15, 0.2) is 10.9 Å². The van der Waals surface area contributed by atoms with Crippen LogP contribution in [0.2, 0.25) is 0 Å². The summed E-state index contributed by atoms with van der Waals surface area (Å²) in [6, 6.07) is 0. The zero-order valence-electron chi connectivity index (χ0n) is 10.5. The Kier molecular flexibility index (Phi) is 5.22. The Balaban J connectivity index is 1.77. The number of thiazole rings is 1. The zero-order chi connectivity index (χ0) is 13.5. The molecule has 6 nitrogen and oxygen atoms in total. The van der Waals surface area contributed by atoms with Gasteiger partial charge in [-0.15, -0.1) is 21.5 Å². The Morgan fingerprint density at radius 1 is 1.37 bits per heavy atom. The highest BCUT2D eigenvalue weighted by Gasteiger charge is 2.11. The van der Waals surface area contributed by atoms with Crippen LogP contribution < -0.4 is 10.6 Å². The second kappa shape index (κ2) is 7.15. The lowest BCUT2D eigenvalue weighted by molar-refractivity contribution is 0.0953. The maximum Gasteiger partial charge on any atom is 0.282 e. The number of nitrogens with one attached hydrogen (secondary N) is 2. The molecule has 0 saturated heterocycles. The first-order valence-electron chi connectivity index (χ1n) is 6.02. The van der Waals surface area contributed by atoms with Crippen molar-refractivity contribution in [3.8, 4) is 0 Å². The molecule has 8 heteroatoms. The van der Waals surface area contributed by atoms with Crippen LogP contribution in [0, 0.1) is 0 Å². The number of carbonyl (C=O) groups is 1. The fourth-order valence-electron chi connectivity index (χ4n) is 1.36. The van der Waals surface area contributed by atoms with Crippen LogP contribution in [-0.4, -0.2) is 34.2 Å². The van der Waals surface area contributed by atoms with Crippen LogP contribution in [0.5, 0.6) is 0 Å². The van der Waals surface area contributed by atoms with Crippen molar-refractivity contribution >= 4 is 33.7 Å². The van der Waals surface area contributed by atoms with E-state index in [1.165, 1.54) is 11.3 Å². The standard InChI is InChI=1S/C11H15N5OS2/c1-2-4-13-11-16-15-10(19-11)9(17)12-5-3-8-6-18-7-14-8/h6-7H,2-5H2,1H3,(H,12,17)(H,13,16). The smallest absolute Gasteiger partial charge is 0.282 e. The molecule has 0 aromatic carbocycles. The van der Waals surface area contributed by atoms with Gasteiger partial charge in [0.15, 0.2) is 0 Å². The Hall–Kier alpha value is -1.54. The first kappa shape index (κ1) is 13.9. The molecule has 2 aromatic heterocycles. The zero-order valence-corrected chi connectivity index (χ0v) is 12.2. The minimum Gasteiger partial charge on any atom is -0.360 e. The predicted octanol–water partition coefficient (Wildman–Crippen LogP) is 1.79. The van der Waals surface area contributed by atoms with E-state index in [0.717, 1.165) is 25.1 Å². The van der Waals surface area contributed by atoms with Crippen molar-refractivity contribution in [1.82, 2.24) is 20.5 Å². The molecule has 0 atom stereocenters. The number of amides is 1. The van der Waals surface area contributed by atoms with E-state index in [4.69, 9.17) is 0 Å². The van der Waals surface area contributed by atoms with E-state index in [0.29, 0.717) is 16.7 Å². The topological polar surface area (TPSA) is 79.8 Å². The second-order valence-electron chi connectivity index (χ2n) is 3.82. The van der Waals surface area contributed by atoms with Gasteiger partial charge < -0.3 is 10.6 Å². The number of anilines is 1. The Morgan fingerprint density at radius 2 is 2.26 bits per heavy atom. The third kappa shape index (κ3) is 4.25. The summed E-state index contributed by atoms with van der Waals surface area (Å²) in [5.74, 6) is -0.183.